The van der Waals surface area contributed by atoms with Crippen LogP contribution in [-0.4, -0.2) is 10.8 Å². The third-order valence-electron chi connectivity index (χ3n) is 3.79. The van der Waals surface area contributed by atoms with Crippen LogP contribution >= 0.6 is 0 Å². The molecule has 23 heavy (non-hydrogen) atoms. The lowest BCUT2D eigenvalue weighted by Gasteiger charge is -2.08. The minimum atomic E-state index is -0.278. The Kier molecular flexibility index (Phi) is 4.84. The maximum Gasteiger partial charge on any atom is 0.176 e. The minimum Gasteiger partial charge on any atom is -0.402 e. The third kappa shape index (κ3) is 3.11. The lowest BCUT2D eigenvalue weighted by Crippen LogP contribution is -2.02. The summed E-state index contributed by atoms with van der Waals surface area (Å²) in [4.78, 5) is 15.1. The molecular formula is C19H21FN2O. The van der Waals surface area contributed by atoms with Crippen LogP contribution in [0.25, 0.3) is 16.5 Å². The topological polar surface area (TPSA) is 58.9 Å². The van der Waals surface area contributed by atoms with Crippen molar-refractivity contribution in [2.24, 2.45) is 5.73 Å². The molecule has 0 amide bonds. The Morgan fingerprint density at radius 3 is 2.61 bits per heavy atom. The highest BCUT2D eigenvalue weighted by Gasteiger charge is 2.19. The number of hydrogen-bond acceptors (Lipinski definition) is 2. The zero-order valence-electron chi connectivity index (χ0n) is 13.7. The van der Waals surface area contributed by atoms with Crippen LogP contribution in [0.1, 0.15) is 42.4 Å². The number of fused-ring (bicyclic) bond motifs is 1. The summed E-state index contributed by atoms with van der Waals surface area (Å²) in [6.07, 6.45) is 5.79. The second-order valence-electron chi connectivity index (χ2n) is 5.47. The van der Waals surface area contributed by atoms with Crippen LogP contribution in [0, 0.1) is 5.82 Å². The average molecular weight is 312 g/mol. The minimum absolute atomic E-state index is 0.125. The van der Waals surface area contributed by atoms with Gasteiger partial charge in [-0.15, -0.1) is 0 Å². The fraction of sp³-hybridized carbons (Fsp3) is 0.211. The van der Waals surface area contributed by atoms with Gasteiger partial charge in [-0.3, -0.25) is 4.79 Å². The van der Waals surface area contributed by atoms with Gasteiger partial charge >= 0.3 is 0 Å². The average Bonchev–Trinajstić information content (AvgIpc) is 2.85. The van der Waals surface area contributed by atoms with E-state index in [1.54, 1.807) is 25.1 Å². The number of carbonyl (C=O) groups excluding carboxylic acids is 1. The number of rotatable bonds is 5. The Bertz CT molecular complexity index is 837. The summed E-state index contributed by atoms with van der Waals surface area (Å²) >= 11 is 0. The molecule has 3 N–H and O–H groups in total. The van der Waals surface area contributed by atoms with Crippen molar-refractivity contribution in [2.75, 3.05) is 0 Å². The lowest BCUT2D eigenvalue weighted by molar-refractivity contribution is 0.101. The Morgan fingerprint density at radius 2 is 2.09 bits per heavy atom. The van der Waals surface area contributed by atoms with E-state index in [-0.39, 0.29) is 11.6 Å². The molecule has 2 rings (SSSR count). The van der Waals surface area contributed by atoms with Crippen LogP contribution in [0.4, 0.5) is 4.39 Å². The molecule has 0 saturated carbocycles. The molecule has 0 atom stereocenters. The van der Waals surface area contributed by atoms with Crippen molar-refractivity contribution in [3.63, 3.8) is 0 Å². The Morgan fingerprint density at radius 1 is 1.39 bits per heavy atom. The van der Waals surface area contributed by atoms with E-state index in [1.807, 2.05) is 13.0 Å². The Labute approximate surface area is 135 Å². The number of aromatic amines is 1. The number of carbonyl (C=O) groups is 1. The third-order valence-corrected chi connectivity index (χ3v) is 3.79. The first-order chi connectivity index (χ1) is 10.9. The van der Waals surface area contributed by atoms with Gasteiger partial charge < -0.3 is 10.7 Å². The maximum absolute atomic E-state index is 14.1. The van der Waals surface area contributed by atoms with Crippen molar-refractivity contribution in [2.45, 2.75) is 27.2 Å². The van der Waals surface area contributed by atoms with Crippen LogP contribution in [0.2, 0.25) is 0 Å². The second kappa shape index (κ2) is 6.65. The predicted molar refractivity (Wildman–Crippen MR) is 93.8 cm³/mol. The fourth-order valence-corrected chi connectivity index (χ4v) is 2.65. The summed E-state index contributed by atoms with van der Waals surface area (Å²) < 4.78 is 14.1. The molecule has 1 aromatic carbocycles. The van der Waals surface area contributed by atoms with Gasteiger partial charge in [-0.25, -0.2) is 4.39 Å². The molecule has 2 aromatic rings. The molecule has 0 spiro atoms. The summed E-state index contributed by atoms with van der Waals surface area (Å²) in [6.45, 7) is 8.80. The van der Waals surface area contributed by atoms with Crippen molar-refractivity contribution in [3.05, 3.63) is 65.3 Å². The van der Waals surface area contributed by atoms with Gasteiger partial charge in [0.2, 0.25) is 0 Å². The van der Waals surface area contributed by atoms with Crippen molar-refractivity contribution < 1.29 is 9.18 Å². The molecule has 0 radical (unpaired) electrons. The number of ketones is 1. The van der Waals surface area contributed by atoms with E-state index in [4.69, 9.17) is 5.73 Å². The van der Waals surface area contributed by atoms with E-state index in [0.717, 1.165) is 11.0 Å². The summed E-state index contributed by atoms with van der Waals surface area (Å²) in [5.41, 5.74) is 9.67. The molecule has 0 unspecified atom stereocenters. The molecule has 0 fully saturated rings. The highest BCUT2D eigenvalue weighted by atomic mass is 19.1. The zero-order valence-corrected chi connectivity index (χ0v) is 13.7. The molecule has 0 aliphatic carbocycles. The number of H-pyrrole nitrogens is 1. The van der Waals surface area contributed by atoms with Crippen LogP contribution < -0.4 is 5.73 Å². The summed E-state index contributed by atoms with van der Waals surface area (Å²) in [7, 11) is 0. The highest BCUT2D eigenvalue weighted by Crippen LogP contribution is 2.33. The number of nitrogens with two attached hydrogens (primary N) is 1. The van der Waals surface area contributed by atoms with E-state index < -0.39 is 0 Å². The number of Topliss-reactive ketones (excluding diaryl/α,β-unsaturated/α-hetero) is 1. The van der Waals surface area contributed by atoms with Gasteiger partial charge in [0.1, 0.15) is 5.82 Å². The highest BCUT2D eigenvalue weighted by molar-refractivity contribution is 6.08. The van der Waals surface area contributed by atoms with Gasteiger partial charge in [0, 0.05) is 34.7 Å². The smallest absolute Gasteiger partial charge is 0.176 e. The fourth-order valence-electron chi connectivity index (χ4n) is 2.65. The number of hydrogen-bond donors (Lipinski definition) is 2. The van der Waals surface area contributed by atoms with Crippen molar-refractivity contribution >= 4 is 22.3 Å². The number of halogens is 1. The molecule has 4 heteroatoms. The van der Waals surface area contributed by atoms with E-state index in [2.05, 4.69) is 11.6 Å². The number of aromatic nitrogens is 1. The van der Waals surface area contributed by atoms with Crippen molar-refractivity contribution in [3.8, 4) is 0 Å². The first-order valence-corrected chi connectivity index (χ1v) is 7.51. The quantitative estimate of drug-likeness (QED) is 0.630. The van der Waals surface area contributed by atoms with E-state index in [1.165, 1.54) is 13.0 Å². The van der Waals surface area contributed by atoms with E-state index in [9.17, 15) is 9.18 Å². The molecule has 1 heterocycles. The lowest BCUT2D eigenvalue weighted by atomic mass is 9.97. The van der Waals surface area contributed by atoms with Crippen LogP contribution in [0.5, 0.6) is 0 Å². The standard InChI is InChI=1S/C19H21FN2O/c1-5-7-8-14(11(3)21)18-15-9-13(6-2)16(20)10-17(15)22-19(18)12(4)23/h5,7-10,22H,1,6,21H2,2-4H3/b8-7-,14-11+. The van der Waals surface area contributed by atoms with Crippen LogP contribution in [-0.2, 0) is 6.42 Å². The van der Waals surface area contributed by atoms with Gasteiger partial charge in [0.25, 0.3) is 0 Å². The van der Waals surface area contributed by atoms with Gasteiger partial charge in [-0.1, -0.05) is 31.7 Å². The van der Waals surface area contributed by atoms with Gasteiger partial charge in [-0.05, 0) is 31.0 Å². The monoisotopic (exact) mass is 312 g/mol. The van der Waals surface area contributed by atoms with Crippen LogP contribution in [0.15, 0.2) is 42.6 Å². The van der Waals surface area contributed by atoms with E-state index >= 15 is 0 Å². The molecule has 1 aromatic heterocycles. The molecule has 120 valence electrons. The van der Waals surface area contributed by atoms with Crippen molar-refractivity contribution in [1.29, 1.82) is 0 Å². The van der Waals surface area contributed by atoms with Gasteiger partial charge in [0.05, 0.1) is 5.69 Å². The summed E-state index contributed by atoms with van der Waals surface area (Å²) in [5.74, 6) is -0.403. The normalized spacial score (nSPS) is 12.7. The van der Waals surface area contributed by atoms with Gasteiger partial charge in [0.15, 0.2) is 5.78 Å². The molecule has 3 nitrogen and oxygen atoms in total. The molecule has 0 aliphatic heterocycles. The largest absolute Gasteiger partial charge is 0.402 e. The first kappa shape index (κ1) is 16.7. The Balaban J connectivity index is 2.90. The number of allylic oxidation sites excluding steroid dienone is 5. The Hall–Kier alpha value is -2.62. The van der Waals surface area contributed by atoms with Gasteiger partial charge in [-0.2, -0.15) is 0 Å². The second-order valence-corrected chi connectivity index (χ2v) is 5.47. The molecular weight excluding hydrogens is 291 g/mol. The van der Waals surface area contributed by atoms with Crippen molar-refractivity contribution in [1.82, 2.24) is 4.98 Å². The number of aryl methyl sites for hydroxylation is 1. The molecule has 0 bridgehead atoms. The first-order valence-electron chi connectivity index (χ1n) is 7.51. The van der Waals surface area contributed by atoms with E-state index in [0.29, 0.717) is 34.5 Å². The summed E-state index contributed by atoms with van der Waals surface area (Å²) in [6, 6.07) is 3.22. The predicted octanol–water partition coefficient (Wildman–Crippen LogP) is 4.50. The number of nitrogens with one attached hydrogen (secondary N) is 1. The van der Waals surface area contributed by atoms with Crippen LogP contribution in [0.3, 0.4) is 0 Å². The zero-order chi connectivity index (χ0) is 17.1. The molecule has 0 saturated heterocycles. The SMILES string of the molecule is C=C/C=C\C(=C(\C)N)c1c(C(C)=O)[nH]c2cc(F)c(CC)cc12. The maximum atomic E-state index is 14.1. The number of benzene rings is 1. The summed E-state index contributed by atoms with van der Waals surface area (Å²) in [5, 5.41) is 0.793. The molecule has 0 aliphatic rings.